The van der Waals surface area contributed by atoms with Crippen LogP contribution in [0.25, 0.3) is 0 Å². The fraction of sp³-hybridized carbons (Fsp3) is 0.960. The third kappa shape index (κ3) is 9.83. The van der Waals surface area contributed by atoms with Gasteiger partial charge in [0.1, 0.15) is 0 Å². The lowest BCUT2D eigenvalue weighted by Crippen LogP contribution is -2.33. The molecule has 0 aromatic carbocycles. The van der Waals surface area contributed by atoms with E-state index in [9.17, 15) is 0 Å². The molecule has 0 aromatic rings. The summed E-state index contributed by atoms with van der Waals surface area (Å²) in [4.78, 5) is 0. The predicted molar refractivity (Wildman–Crippen MR) is 214 cm³/mol. The molecule has 0 N–H and O–H groups in total. The lowest BCUT2D eigenvalue weighted by molar-refractivity contribution is 0.470. The standard InChI is InChI=1S/C24H72N16P5.CN/c1-29(2)42(30(3)4,31(5)6)25-41(26-43(32(7)8,33(9)10)34(11)12,27-44(35(13)14,36(15)16)37(17)18)28-45(38(19)20,39(21)22)40(23)24;1-2/h1-24H3;/q+1;-1. The molecule has 0 unspecified atom stereocenters. The van der Waals surface area contributed by atoms with E-state index in [1.54, 1.807) is 0 Å². The fourth-order valence-corrected chi connectivity index (χ4v) is 30.2. The minimum atomic E-state index is -3.43. The normalized spacial score (nSPS) is 14.3. The van der Waals surface area contributed by atoms with E-state index in [0.29, 0.717) is 0 Å². The Bertz CT molecular complexity index is 922. The van der Waals surface area contributed by atoms with Crippen LogP contribution in [0.3, 0.4) is 0 Å². The summed E-state index contributed by atoms with van der Waals surface area (Å²) in [5, 5.41) is 6.25. The third-order valence-electron chi connectivity index (χ3n) is 7.40. The highest BCUT2D eigenvalue weighted by Gasteiger charge is 2.56. The van der Waals surface area contributed by atoms with Gasteiger partial charge in [0.2, 0.25) is 30.0 Å². The number of hydrogen-bond donors (Lipinski definition) is 0. The van der Waals surface area contributed by atoms with E-state index in [1.165, 1.54) is 0 Å². The smallest absolute Gasteiger partial charge is 0.502 e. The largest absolute Gasteiger partial charge is 0.512 e. The highest BCUT2D eigenvalue weighted by atomic mass is 31.3. The maximum Gasteiger partial charge on any atom is 0.502 e. The van der Waals surface area contributed by atoms with Crippen LogP contribution in [0.15, 0.2) is 18.1 Å². The Morgan fingerprint density at radius 1 is 0.277 bits per heavy atom. The molecular formula is C25H72N17P5. The molecule has 22 heteroatoms. The molecule has 47 heavy (non-hydrogen) atoms. The van der Waals surface area contributed by atoms with Crippen LogP contribution >= 0.6 is 37.9 Å². The Morgan fingerprint density at radius 3 is 0.426 bits per heavy atom. The summed E-state index contributed by atoms with van der Waals surface area (Å²) in [6, 6.07) is 0. The molecule has 17 nitrogen and oxygen atoms in total. The average molecular weight is 766 g/mol. The molecule has 0 saturated carbocycles. The van der Waals surface area contributed by atoms with Crippen LogP contribution < -0.4 is 0 Å². The summed E-state index contributed by atoms with van der Waals surface area (Å²) in [7, 11) is 36.8. The van der Waals surface area contributed by atoms with E-state index in [0.717, 1.165) is 0 Å². The van der Waals surface area contributed by atoms with Gasteiger partial charge in [0.25, 0.3) is 0 Å². The van der Waals surface area contributed by atoms with Gasteiger partial charge in [-0.3, -0.25) is 0 Å². The molecule has 0 spiro atoms. The Balaban J connectivity index is 0. The lowest BCUT2D eigenvalue weighted by atomic mass is 11.2. The molecule has 282 valence electrons. The van der Waals surface area contributed by atoms with Crippen molar-refractivity contribution in [1.29, 1.82) is 5.26 Å². The van der Waals surface area contributed by atoms with E-state index in [-0.39, 0.29) is 0 Å². The fourth-order valence-electron chi connectivity index (χ4n) is 6.00. The molecule has 0 bridgehead atoms. The van der Waals surface area contributed by atoms with E-state index in [1.807, 2.05) is 0 Å². The lowest BCUT2D eigenvalue weighted by Gasteiger charge is -2.44. The molecule has 0 radical (unpaired) electrons. The van der Waals surface area contributed by atoms with Gasteiger partial charge in [0.15, 0.2) is 0 Å². The van der Waals surface area contributed by atoms with Crippen LogP contribution in [0.5, 0.6) is 0 Å². The van der Waals surface area contributed by atoms with Gasteiger partial charge >= 0.3 is 7.87 Å². The molecule has 0 aliphatic carbocycles. The van der Waals surface area contributed by atoms with Gasteiger partial charge in [0.05, 0.1) is 0 Å². The predicted octanol–water partition coefficient (Wildman–Crippen LogP) is 5.28. The van der Waals surface area contributed by atoms with Crippen LogP contribution in [0.1, 0.15) is 0 Å². The molecule has 0 fully saturated rings. The first kappa shape index (κ1) is 49.5. The summed E-state index contributed by atoms with van der Waals surface area (Å²) < 4.78 is 51.2. The number of rotatable bonds is 16. The van der Waals surface area contributed by atoms with Crippen molar-refractivity contribution in [2.45, 2.75) is 0 Å². The molecule has 0 aromatic heterocycles. The van der Waals surface area contributed by atoms with E-state index in [2.05, 4.69) is 225 Å². The highest BCUT2D eigenvalue weighted by Crippen LogP contribution is 2.86. The van der Waals surface area contributed by atoms with E-state index < -0.39 is 37.9 Å². The van der Waals surface area contributed by atoms with Gasteiger partial charge in [-0.15, -0.1) is 0 Å². The van der Waals surface area contributed by atoms with E-state index >= 15 is 0 Å². The third-order valence-corrected chi connectivity index (χ3v) is 28.0. The Labute approximate surface area is 292 Å². The van der Waals surface area contributed by atoms with Crippen molar-refractivity contribution in [3.05, 3.63) is 6.57 Å². The summed E-state index contributed by atoms with van der Waals surface area (Å²) in [6.07, 6.45) is 0. The van der Waals surface area contributed by atoms with Gasteiger partial charge in [-0.2, -0.15) is 0 Å². The molecule has 0 heterocycles. The molecular weight excluding hydrogens is 693 g/mol. The van der Waals surface area contributed by atoms with Crippen LogP contribution in [0, 0.1) is 11.8 Å². The van der Waals surface area contributed by atoms with Gasteiger partial charge in [-0.05, 0) is 187 Å². The maximum absolute atomic E-state index is 6.25. The van der Waals surface area contributed by atoms with Crippen molar-refractivity contribution < 1.29 is 0 Å². The molecule has 0 aliphatic heterocycles. The zero-order chi connectivity index (χ0) is 38.3. The van der Waals surface area contributed by atoms with Crippen LogP contribution in [0.2, 0.25) is 0 Å². The van der Waals surface area contributed by atoms with Crippen molar-refractivity contribution in [3.8, 4) is 0 Å². The Hall–Kier alpha value is 0.360. The van der Waals surface area contributed by atoms with Crippen LogP contribution in [0.4, 0.5) is 0 Å². The first-order valence-electron chi connectivity index (χ1n) is 15.0. The van der Waals surface area contributed by atoms with E-state index in [4.69, 9.17) is 29.9 Å². The second-order valence-corrected chi connectivity index (χ2v) is 31.0. The summed E-state index contributed by atoms with van der Waals surface area (Å²) in [6.45, 7) is 4.75. The van der Waals surface area contributed by atoms with Crippen molar-refractivity contribution in [3.63, 3.8) is 0 Å². The SMILES string of the molecule is CN(C)P(=N[P+](N=P(N(C)C)(N(C)C)N(C)C)(N=P(N(C)C)(N(C)C)N(C)C)N=P(N(C)C)(N(C)C)N(C)C)(N(C)C)N(C)C.[C-]#N. The molecule has 0 amide bonds. The summed E-state index contributed by atoms with van der Waals surface area (Å²) in [5.41, 5.74) is 0. The van der Waals surface area contributed by atoms with Gasteiger partial charge in [0, 0.05) is 0 Å². The zero-order valence-electron chi connectivity index (χ0n) is 34.3. The number of hydrogen-bond acceptors (Lipinski definition) is 5. The monoisotopic (exact) mass is 765 g/mol. The molecule has 0 rings (SSSR count). The average Bonchev–Trinajstić information content (AvgIpc) is 2.90. The second-order valence-electron chi connectivity index (χ2n) is 13.2. The summed E-state index contributed by atoms with van der Waals surface area (Å²) in [5.74, 6) is 0. The first-order valence-corrected chi connectivity index (χ1v) is 23.0. The van der Waals surface area contributed by atoms with Crippen LogP contribution in [-0.4, -0.2) is 225 Å². The Morgan fingerprint density at radius 2 is 0.362 bits per heavy atom. The van der Waals surface area contributed by atoms with Gasteiger partial charge in [-0.25, -0.2) is 56.0 Å². The zero-order valence-corrected chi connectivity index (χ0v) is 38.8. The van der Waals surface area contributed by atoms with Crippen molar-refractivity contribution in [2.24, 2.45) is 18.1 Å². The molecule has 0 atom stereocenters. The topological polar surface area (TPSA) is 112 Å². The van der Waals surface area contributed by atoms with Gasteiger partial charge < -0.3 is 11.8 Å². The maximum atomic E-state index is 6.25. The number of nitrogens with zero attached hydrogens (tertiary/aromatic N) is 17. The van der Waals surface area contributed by atoms with Crippen LogP contribution in [-0.2, 0) is 0 Å². The molecule has 0 aliphatic rings. The Kier molecular flexibility index (Phi) is 20.3. The second kappa shape index (κ2) is 19.3. The quantitative estimate of drug-likeness (QED) is 0.150. The van der Waals surface area contributed by atoms with Crippen molar-refractivity contribution in [2.75, 3.05) is 169 Å². The minimum Gasteiger partial charge on any atom is -0.512 e. The highest BCUT2D eigenvalue weighted by molar-refractivity contribution is 7.87. The van der Waals surface area contributed by atoms with Gasteiger partial charge in [-0.1, -0.05) is 0 Å². The van der Waals surface area contributed by atoms with Crippen molar-refractivity contribution >= 4 is 37.9 Å². The first-order chi connectivity index (χ1) is 21.1. The molecule has 0 saturated heterocycles. The summed E-state index contributed by atoms with van der Waals surface area (Å²) >= 11 is 0. The minimum absolute atomic E-state index is 2.11. The van der Waals surface area contributed by atoms with Crippen molar-refractivity contribution in [1.82, 2.24) is 56.0 Å².